The summed E-state index contributed by atoms with van der Waals surface area (Å²) in [4.78, 5) is 0. The van der Waals surface area contributed by atoms with Gasteiger partial charge in [0.15, 0.2) is 0 Å². The summed E-state index contributed by atoms with van der Waals surface area (Å²) >= 11 is 3.37. The van der Waals surface area contributed by atoms with Crippen LogP contribution in [0.5, 0.6) is 11.5 Å². The van der Waals surface area contributed by atoms with Crippen molar-refractivity contribution in [1.29, 1.82) is 0 Å². The van der Waals surface area contributed by atoms with E-state index in [9.17, 15) is 0 Å². The first kappa shape index (κ1) is 11.3. The lowest BCUT2D eigenvalue weighted by Gasteiger charge is -2.13. The van der Waals surface area contributed by atoms with Crippen molar-refractivity contribution in [2.75, 3.05) is 13.7 Å². The Labute approximate surface area is 92.3 Å². The fraction of sp³-hybridized carbons (Fsp3) is 0.400. The number of nitrogens with two attached hydrogens (primary N) is 1. The Balaban J connectivity index is 2.79. The van der Waals surface area contributed by atoms with Crippen molar-refractivity contribution in [3.05, 3.63) is 22.7 Å². The Morgan fingerprint density at radius 2 is 2.21 bits per heavy atom. The summed E-state index contributed by atoms with van der Waals surface area (Å²) in [7, 11) is 1.62. The average Bonchev–Trinajstić information content (AvgIpc) is 2.20. The molecule has 0 saturated heterocycles. The predicted molar refractivity (Wildman–Crippen MR) is 59.8 cm³/mol. The van der Waals surface area contributed by atoms with Crippen molar-refractivity contribution in [2.45, 2.75) is 13.0 Å². The van der Waals surface area contributed by atoms with Gasteiger partial charge in [0.05, 0.1) is 11.6 Å². The number of halogens is 1. The lowest BCUT2D eigenvalue weighted by Crippen LogP contribution is -2.22. The van der Waals surface area contributed by atoms with Gasteiger partial charge in [-0.25, -0.2) is 0 Å². The number of ether oxygens (including phenoxy) is 2. The molecule has 0 aliphatic heterocycles. The van der Waals surface area contributed by atoms with Gasteiger partial charge in [-0.2, -0.15) is 0 Å². The highest BCUT2D eigenvalue weighted by Crippen LogP contribution is 2.29. The van der Waals surface area contributed by atoms with Crippen LogP contribution in [0.4, 0.5) is 0 Å². The second kappa shape index (κ2) is 5.22. The minimum atomic E-state index is 0.0147. The first-order chi connectivity index (χ1) is 6.67. The maximum Gasteiger partial charge on any atom is 0.136 e. The SMILES string of the molecule is COc1cc(OC(C)CN)ccc1Br. The van der Waals surface area contributed by atoms with Gasteiger partial charge in [-0.05, 0) is 35.0 Å². The Morgan fingerprint density at radius 3 is 2.79 bits per heavy atom. The van der Waals surface area contributed by atoms with E-state index >= 15 is 0 Å². The van der Waals surface area contributed by atoms with Crippen LogP contribution in [0.1, 0.15) is 6.92 Å². The van der Waals surface area contributed by atoms with Crippen molar-refractivity contribution in [2.24, 2.45) is 5.73 Å². The van der Waals surface area contributed by atoms with Gasteiger partial charge in [0.25, 0.3) is 0 Å². The number of hydrogen-bond donors (Lipinski definition) is 1. The zero-order chi connectivity index (χ0) is 10.6. The van der Waals surface area contributed by atoms with Gasteiger partial charge >= 0.3 is 0 Å². The van der Waals surface area contributed by atoms with E-state index in [1.807, 2.05) is 25.1 Å². The van der Waals surface area contributed by atoms with E-state index in [0.717, 1.165) is 16.0 Å². The standard InChI is InChI=1S/C10H14BrNO2/c1-7(6-12)14-8-3-4-9(11)10(5-8)13-2/h3-5,7H,6,12H2,1-2H3. The lowest BCUT2D eigenvalue weighted by atomic mass is 10.3. The molecular weight excluding hydrogens is 246 g/mol. The maximum atomic E-state index is 5.54. The van der Waals surface area contributed by atoms with E-state index in [2.05, 4.69) is 15.9 Å². The number of benzene rings is 1. The first-order valence-electron chi connectivity index (χ1n) is 4.37. The molecule has 78 valence electrons. The molecule has 1 rings (SSSR count). The largest absolute Gasteiger partial charge is 0.495 e. The molecule has 0 heterocycles. The van der Waals surface area contributed by atoms with Gasteiger partial charge in [-0.15, -0.1) is 0 Å². The Kier molecular flexibility index (Phi) is 4.22. The van der Waals surface area contributed by atoms with Crippen LogP contribution in [0.25, 0.3) is 0 Å². The van der Waals surface area contributed by atoms with Crippen molar-refractivity contribution in [3.8, 4) is 11.5 Å². The first-order valence-corrected chi connectivity index (χ1v) is 5.17. The molecule has 0 aliphatic carbocycles. The van der Waals surface area contributed by atoms with Crippen molar-refractivity contribution in [3.63, 3.8) is 0 Å². The van der Waals surface area contributed by atoms with Crippen LogP contribution in [0.15, 0.2) is 22.7 Å². The molecule has 0 aromatic heterocycles. The molecule has 4 heteroatoms. The fourth-order valence-corrected chi connectivity index (χ4v) is 1.40. The molecule has 0 saturated carbocycles. The molecule has 2 N–H and O–H groups in total. The lowest BCUT2D eigenvalue weighted by molar-refractivity contribution is 0.229. The van der Waals surface area contributed by atoms with E-state index in [4.69, 9.17) is 15.2 Å². The van der Waals surface area contributed by atoms with Crippen LogP contribution in [0.2, 0.25) is 0 Å². The third-order valence-corrected chi connectivity index (χ3v) is 2.45. The monoisotopic (exact) mass is 259 g/mol. The third kappa shape index (κ3) is 2.89. The zero-order valence-corrected chi connectivity index (χ0v) is 9.87. The Hall–Kier alpha value is -0.740. The highest BCUT2D eigenvalue weighted by Gasteiger charge is 2.05. The number of hydrogen-bond acceptors (Lipinski definition) is 3. The maximum absolute atomic E-state index is 5.54. The molecule has 0 radical (unpaired) electrons. The van der Waals surface area contributed by atoms with Gasteiger partial charge < -0.3 is 15.2 Å². The quantitative estimate of drug-likeness (QED) is 0.902. The smallest absolute Gasteiger partial charge is 0.136 e. The summed E-state index contributed by atoms with van der Waals surface area (Å²) in [5.74, 6) is 1.52. The van der Waals surface area contributed by atoms with E-state index in [1.54, 1.807) is 7.11 Å². The van der Waals surface area contributed by atoms with Crippen LogP contribution in [0, 0.1) is 0 Å². The molecule has 1 unspecified atom stereocenters. The van der Waals surface area contributed by atoms with E-state index in [0.29, 0.717) is 6.54 Å². The molecular formula is C10H14BrNO2. The van der Waals surface area contributed by atoms with Gasteiger partial charge in [-0.3, -0.25) is 0 Å². The van der Waals surface area contributed by atoms with Gasteiger partial charge in [0.2, 0.25) is 0 Å². The van der Waals surface area contributed by atoms with Crippen LogP contribution in [0.3, 0.4) is 0 Å². The third-order valence-electron chi connectivity index (χ3n) is 1.79. The minimum absolute atomic E-state index is 0.0147. The topological polar surface area (TPSA) is 44.5 Å². The van der Waals surface area contributed by atoms with E-state index in [1.165, 1.54) is 0 Å². The summed E-state index contributed by atoms with van der Waals surface area (Å²) in [6.45, 7) is 2.42. The molecule has 3 nitrogen and oxygen atoms in total. The summed E-state index contributed by atoms with van der Waals surface area (Å²) in [6.07, 6.45) is 0.0147. The van der Waals surface area contributed by atoms with E-state index in [-0.39, 0.29) is 6.10 Å². The summed E-state index contributed by atoms with van der Waals surface area (Å²) in [5.41, 5.74) is 5.45. The summed E-state index contributed by atoms with van der Waals surface area (Å²) in [5, 5.41) is 0. The van der Waals surface area contributed by atoms with Gasteiger partial charge in [0, 0.05) is 12.6 Å². The molecule has 1 aromatic carbocycles. The molecule has 0 spiro atoms. The van der Waals surface area contributed by atoms with Crippen molar-refractivity contribution >= 4 is 15.9 Å². The van der Waals surface area contributed by atoms with Gasteiger partial charge in [-0.1, -0.05) is 0 Å². The van der Waals surface area contributed by atoms with Crippen LogP contribution < -0.4 is 15.2 Å². The van der Waals surface area contributed by atoms with Crippen LogP contribution >= 0.6 is 15.9 Å². The normalized spacial score (nSPS) is 12.3. The molecule has 0 amide bonds. The number of methoxy groups -OCH3 is 1. The second-order valence-electron chi connectivity index (χ2n) is 2.96. The minimum Gasteiger partial charge on any atom is -0.495 e. The molecule has 1 atom stereocenters. The Bertz CT molecular complexity index is 304. The molecule has 0 fully saturated rings. The average molecular weight is 260 g/mol. The number of rotatable bonds is 4. The molecule has 0 aliphatic rings. The molecule has 0 bridgehead atoms. The Morgan fingerprint density at radius 1 is 1.50 bits per heavy atom. The molecule has 14 heavy (non-hydrogen) atoms. The fourth-order valence-electron chi connectivity index (χ4n) is 0.994. The summed E-state index contributed by atoms with van der Waals surface area (Å²) < 4.78 is 11.6. The van der Waals surface area contributed by atoms with E-state index < -0.39 is 0 Å². The zero-order valence-electron chi connectivity index (χ0n) is 8.29. The summed E-state index contributed by atoms with van der Waals surface area (Å²) in [6, 6.07) is 5.59. The van der Waals surface area contributed by atoms with Gasteiger partial charge in [0.1, 0.15) is 17.6 Å². The van der Waals surface area contributed by atoms with Crippen LogP contribution in [-0.4, -0.2) is 19.8 Å². The van der Waals surface area contributed by atoms with Crippen LogP contribution in [-0.2, 0) is 0 Å². The second-order valence-corrected chi connectivity index (χ2v) is 3.81. The highest BCUT2D eigenvalue weighted by atomic mass is 79.9. The van der Waals surface area contributed by atoms with Crippen molar-refractivity contribution < 1.29 is 9.47 Å². The highest BCUT2D eigenvalue weighted by molar-refractivity contribution is 9.10. The van der Waals surface area contributed by atoms with Crippen molar-refractivity contribution in [1.82, 2.24) is 0 Å². The molecule has 1 aromatic rings. The predicted octanol–water partition coefficient (Wildman–Crippen LogP) is 2.18.